The molecule has 7 heteroatoms. The lowest BCUT2D eigenvalue weighted by Crippen LogP contribution is -2.30. The van der Waals surface area contributed by atoms with E-state index in [2.05, 4.69) is 10.2 Å². The van der Waals surface area contributed by atoms with Gasteiger partial charge in [0.2, 0.25) is 0 Å². The molecular weight excluding hydrogens is 448 g/mol. The van der Waals surface area contributed by atoms with Crippen molar-refractivity contribution in [2.24, 2.45) is 0 Å². The van der Waals surface area contributed by atoms with E-state index in [1.165, 1.54) is 30.6 Å². The third-order valence-corrected chi connectivity index (χ3v) is 7.53. The minimum absolute atomic E-state index is 0.0917. The van der Waals surface area contributed by atoms with Crippen LogP contribution in [0.25, 0.3) is 10.2 Å². The first-order valence-electron chi connectivity index (χ1n) is 11.2. The third-order valence-electron chi connectivity index (χ3n) is 5.96. The molecule has 5 nitrogen and oxygen atoms in total. The van der Waals surface area contributed by atoms with E-state index in [1.54, 1.807) is 11.8 Å². The summed E-state index contributed by atoms with van der Waals surface area (Å²) in [4.78, 5) is 26.9. The van der Waals surface area contributed by atoms with E-state index in [-0.39, 0.29) is 11.9 Å². The fourth-order valence-corrected chi connectivity index (χ4v) is 5.64. The molecule has 3 heterocycles. The fraction of sp³-hybridized carbons (Fsp3) is 0.269. The topological polar surface area (TPSA) is 58.1 Å². The second-order valence-corrected chi connectivity index (χ2v) is 9.94. The zero-order chi connectivity index (χ0) is 22.6. The number of anilines is 1. The highest BCUT2D eigenvalue weighted by Crippen LogP contribution is 2.34. The standard InChI is InChI=1S/C26H26N4OS2/c1-32-26-28-23(30-15-9-4-10-16-30)20-17-21(33-25(20)29-26)24(31)27-22(18-11-5-2-6-12-18)19-13-7-3-8-14-19/h2-3,5-8,11-14,17,22H,4,9-10,15-16H2,1H3,(H,27,31). The first-order chi connectivity index (χ1) is 16.2. The third kappa shape index (κ3) is 4.75. The second kappa shape index (κ2) is 9.93. The molecule has 5 rings (SSSR count). The Bertz CT molecular complexity index is 1200. The number of hydrogen-bond acceptors (Lipinski definition) is 6. The number of fused-ring (bicyclic) bond motifs is 1. The van der Waals surface area contributed by atoms with E-state index in [0.29, 0.717) is 4.88 Å². The molecule has 1 aliphatic heterocycles. The number of amides is 1. The van der Waals surface area contributed by atoms with E-state index in [1.807, 2.05) is 73.0 Å². The van der Waals surface area contributed by atoms with Crippen LogP contribution in [0.2, 0.25) is 0 Å². The van der Waals surface area contributed by atoms with E-state index in [0.717, 1.165) is 45.4 Å². The van der Waals surface area contributed by atoms with Gasteiger partial charge < -0.3 is 10.2 Å². The zero-order valence-corrected chi connectivity index (χ0v) is 20.2. The SMILES string of the molecule is CSc1nc(N2CCCCC2)c2cc(C(=O)NC(c3ccccc3)c3ccccc3)sc2n1. The monoisotopic (exact) mass is 474 g/mol. The molecule has 1 aliphatic rings. The zero-order valence-electron chi connectivity index (χ0n) is 18.5. The van der Waals surface area contributed by atoms with Gasteiger partial charge in [0, 0.05) is 13.1 Å². The van der Waals surface area contributed by atoms with Crippen molar-refractivity contribution in [2.75, 3.05) is 24.2 Å². The van der Waals surface area contributed by atoms with Crippen LogP contribution in [0.15, 0.2) is 71.9 Å². The predicted octanol–water partition coefficient (Wildman–Crippen LogP) is 5.92. The Kier molecular flexibility index (Phi) is 6.60. The predicted molar refractivity (Wildman–Crippen MR) is 137 cm³/mol. The van der Waals surface area contributed by atoms with E-state index >= 15 is 0 Å². The maximum absolute atomic E-state index is 13.4. The minimum atomic E-state index is -0.223. The molecule has 33 heavy (non-hydrogen) atoms. The molecule has 0 saturated carbocycles. The summed E-state index contributed by atoms with van der Waals surface area (Å²) in [7, 11) is 0. The second-order valence-electron chi connectivity index (χ2n) is 8.14. The van der Waals surface area contributed by atoms with Crippen molar-refractivity contribution in [3.63, 3.8) is 0 Å². The number of aromatic nitrogens is 2. The van der Waals surface area contributed by atoms with Crippen molar-refractivity contribution >= 4 is 45.0 Å². The van der Waals surface area contributed by atoms with Crippen molar-refractivity contribution in [2.45, 2.75) is 30.5 Å². The van der Waals surface area contributed by atoms with Crippen LogP contribution in [0, 0.1) is 0 Å². The first-order valence-corrected chi connectivity index (χ1v) is 13.3. The average molecular weight is 475 g/mol. The van der Waals surface area contributed by atoms with Crippen molar-refractivity contribution in [1.29, 1.82) is 0 Å². The molecule has 168 valence electrons. The Labute approximate surface area is 202 Å². The molecular formula is C26H26N4OS2. The van der Waals surface area contributed by atoms with Gasteiger partial charge in [-0.25, -0.2) is 9.97 Å². The van der Waals surface area contributed by atoms with Crippen molar-refractivity contribution in [1.82, 2.24) is 15.3 Å². The number of thioether (sulfide) groups is 1. The number of benzene rings is 2. The number of nitrogens with one attached hydrogen (secondary N) is 1. The van der Waals surface area contributed by atoms with Crippen LogP contribution in [0.3, 0.4) is 0 Å². The Morgan fingerprint density at radius 1 is 0.970 bits per heavy atom. The summed E-state index contributed by atoms with van der Waals surface area (Å²) < 4.78 is 0. The van der Waals surface area contributed by atoms with Crippen LogP contribution in [0.1, 0.15) is 46.1 Å². The largest absolute Gasteiger partial charge is 0.356 e. The molecule has 0 unspecified atom stereocenters. The van der Waals surface area contributed by atoms with Crippen molar-refractivity contribution in [3.8, 4) is 0 Å². The number of carbonyl (C=O) groups excluding carboxylic acids is 1. The molecule has 4 aromatic rings. The maximum Gasteiger partial charge on any atom is 0.262 e. The smallest absolute Gasteiger partial charge is 0.262 e. The number of rotatable bonds is 6. The minimum Gasteiger partial charge on any atom is -0.356 e. The molecule has 1 N–H and O–H groups in total. The Morgan fingerprint density at radius 2 is 1.61 bits per heavy atom. The summed E-state index contributed by atoms with van der Waals surface area (Å²) in [6.45, 7) is 2.00. The number of thiophene rings is 1. The van der Waals surface area contributed by atoms with Crippen molar-refractivity contribution in [3.05, 3.63) is 82.7 Å². The highest BCUT2D eigenvalue weighted by atomic mass is 32.2. The van der Waals surface area contributed by atoms with Gasteiger partial charge in [0.15, 0.2) is 5.16 Å². The van der Waals surface area contributed by atoms with Gasteiger partial charge in [-0.15, -0.1) is 11.3 Å². The summed E-state index contributed by atoms with van der Waals surface area (Å²) in [6.07, 6.45) is 5.60. The highest BCUT2D eigenvalue weighted by molar-refractivity contribution is 7.98. The highest BCUT2D eigenvalue weighted by Gasteiger charge is 2.23. The molecule has 2 aromatic heterocycles. The number of piperidine rings is 1. The molecule has 2 aromatic carbocycles. The van der Waals surface area contributed by atoms with Crippen LogP contribution in [-0.4, -0.2) is 35.2 Å². The number of nitrogens with zero attached hydrogens (tertiary/aromatic N) is 3. The van der Waals surface area contributed by atoms with Gasteiger partial charge >= 0.3 is 0 Å². The number of hydrogen-bond donors (Lipinski definition) is 1. The van der Waals surface area contributed by atoms with Crippen LogP contribution < -0.4 is 10.2 Å². The van der Waals surface area contributed by atoms with Gasteiger partial charge in [-0.05, 0) is 42.7 Å². The lowest BCUT2D eigenvalue weighted by Gasteiger charge is -2.28. The molecule has 0 atom stereocenters. The molecule has 1 amide bonds. The molecule has 0 radical (unpaired) electrons. The van der Waals surface area contributed by atoms with E-state index in [9.17, 15) is 4.79 Å². The van der Waals surface area contributed by atoms with Gasteiger partial charge in [-0.3, -0.25) is 4.79 Å². The van der Waals surface area contributed by atoms with Gasteiger partial charge in [-0.1, -0.05) is 72.4 Å². The molecule has 0 spiro atoms. The molecule has 0 aliphatic carbocycles. The Balaban J connectivity index is 1.49. The Hall–Kier alpha value is -2.90. The van der Waals surface area contributed by atoms with Gasteiger partial charge in [-0.2, -0.15) is 0 Å². The summed E-state index contributed by atoms with van der Waals surface area (Å²) in [6, 6.07) is 21.9. The summed E-state index contributed by atoms with van der Waals surface area (Å²) in [5, 5.41) is 4.99. The van der Waals surface area contributed by atoms with Gasteiger partial charge in [0.1, 0.15) is 10.6 Å². The first kappa shape index (κ1) is 21.9. The average Bonchev–Trinajstić information content (AvgIpc) is 3.32. The van der Waals surface area contributed by atoms with Crippen LogP contribution in [0.4, 0.5) is 5.82 Å². The molecule has 1 fully saturated rings. The maximum atomic E-state index is 13.4. The van der Waals surface area contributed by atoms with E-state index in [4.69, 9.17) is 9.97 Å². The lowest BCUT2D eigenvalue weighted by atomic mass is 9.98. The summed E-state index contributed by atoms with van der Waals surface area (Å²) in [5.41, 5.74) is 2.10. The lowest BCUT2D eigenvalue weighted by molar-refractivity contribution is 0.0947. The van der Waals surface area contributed by atoms with Crippen molar-refractivity contribution < 1.29 is 4.79 Å². The fourth-order valence-electron chi connectivity index (χ4n) is 4.29. The molecule has 1 saturated heterocycles. The normalized spacial score (nSPS) is 14.1. The summed E-state index contributed by atoms with van der Waals surface area (Å²) >= 11 is 2.98. The van der Waals surface area contributed by atoms with E-state index < -0.39 is 0 Å². The van der Waals surface area contributed by atoms with Crippen LogP contribution in [-0.2, 0) is 0 Å². The van der Waals surface area contributed by atoms with Crippen LogP contribution in [0.5, 0.6) is 0 Å². The van der Waals surface area contributed by atoms with Gasteiger partial charge in [0.05, 0.1) is 16.3 Å². The van der Waals surface area contributed by atoms with Crippen LogP contribution >= 0.6 is 23.1 Å². The molecule has 0 bridgehead atoms. The Morgan fingerprint density at radius 3 is 2.21 bits per heavy atom. The number of carbonyl (C=O) groups is 1. The van der Waals surface area contributed by atoms with Gasteiger partial charge in [0.25, 0.3) is 5.91 Å². The quantitative estimate of drug-likeness (QED) is 0.278. The summed E-state index contributed by atoms with van der Waals surface area (Å²) in [5.74, 6) is 0.869.